The quantitative estimate of drug-likeness (QED) is 0.298. The molecule has 8 nitrogen and oxygen atoms in total. The molecule has 5 fully saturated rings. The minimum atomic E-state index is -1.45. The Morgan fingerprint density at radius 2 is 1.71 bits per heavy atom. The molecule has 4 aliphatic carbocycles. The highest BCUT2D eigenvalue weighted by molar-refractivity contribution is 5.96. The van der Waals surface area contributed by atoms with Gasteiger partial charge in [0.1, 0.15) is 24.4 Å². The molecule has 4 saturated carbocycles. The van der Waals surface area contributed by atoms with Crippen molar-refractivity contribution in [3.8, 4) is 0 Å². The molecule has 0 aromatic heterocycles. The summed E-state index contributed by atoms with van der Waals surface area (Å²) in [6, 6.07) is 0. The van der Waals surface area contributed by atoms with Crippen LogP contribution in [0.25, 0.3) is 0 Å². The van der Waals surface area contributed by atoms with Crippen molar-refractivity contribution in [2.24, 2.45) is 34.5 Å². The minimum Gasteiger partial charge on any atom is -0.515 e. The molecule has 1 aliphatic heterocycles. The van der Waals surface area contributed by atoms with Crippen LogP contribution >= 0.6 is 0 Å². The molecule has 0 spiro atoms. The number of Topliss-reactive ketones (excluding diaryl/α,β-unsaturated/α-hetero) is 1. The molecule has 5 N–H and O–H groups in total. The van der Waals surface area contributed by atoms with Gasteiger partial charge in [-0.3, -0.25) is 4.79 Å². The number of hydrogen-bond donors (Lipinski definition) is 5. The minimum absolute atomic E-state index is 0.00381. The summed E-state index contributed by atoms with van der Waals surface area (Å²) < 4.78 is 12.2. The maximum atomic E-state index is 12.5. The molecule has 0 radical (unpaired) electrons. The Bertz CT molecular complexity index is 873. The molecule has 198 valence electrons. The van der Waals surface area contributed by atoms with E-state index in [2.05, 4.69) is 20.8 Å². The van der Waals surface area contributed by atoms with E-state index < -0.39 is 42.9 Å². The van der Waals surface area contributed by atoms with Gasteiger partial charge in [0.2, 0.25) is 0 Å². The number of aliphatic hydroxyl groups is 5. The number of fused-ring (bicyclic) bond motifs is 5. The average Bonchev–Trinajstić information content (AvgIpc) is 3.10. The first kappa shape index (κ1) is 25.6. The normalized spacial score (nSPS) is 55.3. The zero-order valence-electron chi connectivity index (χ0n) is 21.1. The first-order chi connectivity index (χ1) is 16.5. The van der Waals surface area contributed by atoms with Crippen LogP contribution < -0.4 is 0 Å². The Hall–Kier alpha value is -1.03. The molecule has 35 heavy (non-hydrogen) atoms. The Balaban J connectivity index is 1.37. The highest BCUT2D eigenvalue weighted by Crippen LogP contribution is 2.69. The maximum absolute atomic E-state index is 12.5. The molecule has 1 heterocycles. The van der Waals surface area contributed by atoms with Gasteiger partial charge in [-0.05, 0) is 86.4 Å². The SMILES string of the molecule is C[C@]12C/C(=C\O)C(=O)C[C@@H]1CC[C@@H]1[C@@H]2CC[C@@]2(C)[C@H]1CC[C@]2(C)O[C@H]1O[C@@H](CO)[C@H](O)[C@@H](O)[C@@H]1O. The Morgan fingerprint density at radius 3 is 2.40 bits per heavy atom. The second kappa shape index (κ2) is 8.77. The van der Waals surface area contributed by atoms with Gasteiger partial charge in [0.15, 0.2) is 12.1 Å². The van der Waals surface area contributed by atoms with Gasteiger partial charge in [0.25, 0.3) is 0 Å². The third kappa shape index (κ3) is 3.66. The molecule has 0 aromatic rings. The van der Waals surface area contributed by atoms with Crippen LogP contribution in [-0.2, 0) is 14.3 Å². The molecular weight excluding hydrogens is 452 g/mol. The topological polar surface area (TPSA) is 137 Å². The summed E-state index contributed by atoms with van der Waals surface area (Å²) in [6.07, 6.45) is 1.72. The van der Waals surface area contributed by atoms with E-state index in [1.165, 1.54) is 0 Å². The lowest BCUT2D eigenvalue weighted by Gasteiger charge is -2.61. The number of carbonyl (C=O) groups is 1. The van der Waals surface area contributed by atoms with Crippen molar-refractivity contribution in [2.75, 3.05) is 6.61 Å². The van der Waals surface area contributed by atoms with Crippen LogP contribution in [0.5, 0.6) is 0 Å². The number of rotatable bonds is 3. The second-order valence-electron chi connectivity index (χ2n) is 12.7. The third-order valence-electron chi connectivity index (χ3n) is 11.3. The van der Waals surface area contributed by atoms with Gasteiger partial charge in [0, 0.05) is 12.0 Å². The summed E-state index contributed by atoms with van der Waals surface area (Å²) in [7, 11) is 0. The van der Waals surface area contributed by atoms with E-state index in [0.29, 0.717) is 42.1 Å². The summed E-state index contributed by atoms with van der Waals surface area (Å²) in [4.78, 5) is 12.5. The lowest BCUT2D eigenvalue weighted by atomic mass is 9.44. The van der Waals surface area contributed by atoms with E-state index in [9.17, 15) is 30.3 Å². The highest BCUT2D eigenvalue weighted by atomic mass is 16.7. The van der Waals surface area contributed by atoms with E-state index in [0.717, 1.165) is 44.8 Å². The molecule has 0 amide bonds. The van der Waals surface area contributed by atoms with Gasteiger partial charge >= 0.3 is 0 Å². The lowest BCUT2D eigenvalue weighted by Crippen LogP contribution is -2.62. The molecule has 8 heteroatoms. The van der Waals surface area contributed by atoms with Crippen LogP contribution in [0.15, 0.2) is 11.8 Å². The van der Waals surface area contributed by atoms with E-state index in [1.54, 1.807) is 0 Å². The summed E-state index contributed by atoms with van der Waals surface area (Å²) in [5.41, 5.74) is -0.174. The van der Waals surface area contributed by atoms with E-state index >= 15 is 0 Å². The standard InChI is InChI=1S/C27H42O8/c1-25-11-14(12-28)19(30)10-15(25)4-5-16-17(25)6-8-26(2)18(16)7-9-27(26,3)35-24-23(33)22(32)21(31)20(13-29)34-24/h12,15-18,20-24,28-29,31-33H,4-11,13H2,1-3H3/b14-12+/t15-,16+,17-,18-,20-,21-,22+,23-,24+,25-,26-,27-/m0/s1. The number of ether oxygens (including phenoxy) is 2. The van der Waals surface area contributed by atoms with Crippen molar-refractivity contribution in [1.29, 1.82) is 0 Å². The van der Waals surface area contributed by atoms with Crippen molar-refractivity contribution in [2.45, 2.75) is 108 Å². The van der Waals surface area contributed by atoms with E-state index in [4.69, 9.17) is 9.47 Å². The van der Waals surface area contributed by atoms with Crippen molar-refractivity contribution in [3.05, 3.63) is 11.8 Å². The number of allylic oxidation sites excluding steroid dienone is 1. The summed E-state index contributed by atoms with van der Waals surface area (Å²) in [5, 5.41) is 50.3. The summed E-state index contributed by atoms with van der Waals surface area (Å²) in [6.45, 7) is 6.21. The maximum Gasteiger partial charge on any atom is 0.187 e. The van der Waals surface area contributed by atoms with Crippen molar-refractivity contribution in [3.63, 3.8) is 0 Å². The Labute approximate surface area is 207 Å². The van der Waals surface area contributed by atoms with E-state index in [1.807, 2.05) is 0 Å². The average molecular weight is 495 g/mol. The Morgan fingerprint density at radius 1 is 1.00 bits per heavy atom. The van der Waals surface area contributed by atoms with Gasteiger partial charge in [-0.2, -0.15) is 0 Å². The zero-order chi connectivity index (χ0) is 25.3. The van der Waals surface area contributed by atoms with Gasteiger partial charge in [-0.25, -0.2) is 0 Å². The fourth-order valence-corrected chi connectivity index (χ4v) is 8.97. The molecule has 0 aromatic carbocycles. The number of hydrogen-bond acceptors (Lipinski definition) is 8. The van der Waals surface area contributed by atoms with Gasteiger partial charge in [0.05, 0.1) is 18.5 Å². The van der Waals surface area contributed by atoms with Gasteiger partial charge in [-0.15, -0.1) is 0 Å². The van der Waals surface area contributed by atoms with Crippen LogP contribution in [0.3, 0.4) is 0 Å². The first-order valence-electron chi connectivity index (χ1n) is 13.3. The van der Waals surface area contributed by atoms with Crippen LogP contribution in [0.4, 0.5) is 0 Å². The van der Waals surface area contributed by atoms with E-state index in [-0.39, 0.29) is 16.6 Å². The molecule has 1 saturated heterocycles. The summed E-state index contributed by atoms with van der Waals surface area (Å²) in [5.74, 6) is 1.87. The third-order valence-corrected chi connectivity index (χ3v) is 11.3. The van der Waals surface area contributed by atoms with Gasteiger partial charge < -0.3 is 35.0 Å². The molecule has 12 atom stereocenters. The smallest absolute Gasteiger partial charge is 0.187 e. The zero-order valence-corrected chi connectivity index (χ0v) is 21.1. The monoisotopic (exact) mass is 494 g/mol. The number of ketones is 1. The lowest BCUT2D eigenvalue weighted by molar-refractivity contribution is -0.338. The first-order valence-corrected chi connectivity index (χ1v) is 13.3. The number of carbonyl (C=O) groups excluding carboxylic acids is 1. The van der Waals surface area contributed by atoms with Crippen LogP contribution in [0, 0.1) is 34.5 Å². The molecule has 0 unspecified atom stereocenters. The largest absolute Gasteiger partial charge is 0.515 e. The van der Waals surface area contributed by atoms with Crippen LogP contribution in [0.1, 0.15) is 72.1 Å². The molecule has 5 rings (SSSR count). The van der Waals surface area contributed by atoms with Gasteiger partial charge in [-0.1, -0.05) is 13.8 Å². The fraction of sp³-hybridized carbons (Fsp3) is 0.889. The van der Waals surface area contributed by atoms with Crippen molar-refractivity contribution in [1.82, 2.24) is 0 Å². The molecular formula is C27H42O8. The second-order valence-corrected chi connectivity index (χ2v) is 12.7. The molecule has 5 aliphatic rings. The number of aliphatic hydroxyl groups excluding tert-OH is 5. The Kier molecular flexibility index (Phi) is 6.42. The predicted octanol–water partition coefficient (Wildman–Crippen LogP) is 2.23. The fourth-order valence-electron chi connectivity index (χ4n) is 8.97. The van der Waals surface area contributed by atoms with Crippen LogP contribution in [-0.4, -0.2) is 74.2 Å². The van der Waals surface area contributed by atoms with Crippen LogP contribution in [0.2, 0.25) is 0 Å². The predicted molar refractivity (Wildman–Crippen MR) is 126 cm³/mol. The molecule has 0 bridgehead atoms. The summed E-state index contributed by atoms with van der Waals surface area (Å²) >= 11 is 0. The van der Waals surface area contributed by atoms with Crippen molar-refractivity contribution < 1.29 is 39.8 Å². The highest BCUT2D eigenvalue weighted by Gasteiger charge is 2.65. The van der Waals surface area contributed by atoms with Crippen molar-refractivity contribution >= 4 is 5.78 Å².